The molecule has 1 aromatic rings. The Morgan fingerprint density at radius 3 is 2.47 bits per heavy atom. The maximum absolute atomic E-state index is 10.7. The van der Waals surface area contributed by atoms with E-state index in [1.54, 1.807) is 0 Å². The quantitative estimate of drug-likeness (QED) is 0.810. The Labute approximate surface area is 122 Å². The van der Waals surface area contributed by atoms with Gasteiger partial charge < -0.3 is 5.11 Å². The summed E-state index contributed by atoms with van der Waals surface area (Å²) in [5.41, 5.74) is 0.964. The Morgan fingerprint density at radius 2 is 1.88 bits per heavy atom. The lowest BCUT2D eigenvalue weighted by Gasteiger charge is -2.41. The molecule has 1 fully saturated rings. The topological polar surface area (TPSA) is 20.2 Å². The lowest BCUT2D eigenvalue weighted by molar-refractivity contribution is 0.0200. The zero-order valence-electron chi connectivity index (χ0n) is 10.4. The summed E-state index contributed by atoms with van der Waals surface area (Å²) in [6.45, 7) is 4.50. The highest BCUT2D eigenvalue weighted by molar-refractivity contribution is 14.1. The van der Waals surface area contributed by atoms with Crippen molar-refractivity contribution >= 4 is 34.4 Å². The summed E-state index contributed by atoms with van der Waals surface area (Å²) in [6.07, 6.45) is 1.68. The molecule has 1 nitrogen and oxygen atoms in total. The van der Waals surface area contributed by atoms with Crippen molar-refractivity contribution in [3.8, 4) is 0 Å². The largest absolute Gasteiger partial charge is 0.389 e. The maximum atomic E-state index is 10.7. The van der Waals surface area contributed by atoms with Gasteiger partial charge in [0.05, 0.1) is 5.60 Å². The van der Waals surface area contributed by atoms with Crippen LogP contribution in [-0.2, 0) is 6.42 Å². The highest BCUT2D eigenvalue weighted by atomic mass is 127. The Morgan fingerprint density at radius 1 is 1.24 bits per heavy atom. The summed E-state index contributed by atoms with van der Waals surface area (Å²) in [5, 5.41) is 10.7. The SMILES string of the molecule is CC1(C)CSCC(O)(Cc2ccc(I)cc2)C1. The van der Waals surface area contributed by atoms with Gasteiger partial charge >= 0.3 is 0 Å². The summed E-state index contributed by atoms with van der Waals surface area (Å²) in [7, 11) is 0. The Bertz CT molecular complexity index is 388. The summed E-state index contributed by atoms with van der Waals surface area (Å²) < 4.78 is 1.25. The minimum atomic E-state index is -0.529. The van der Waals surface area contributed by atoms with Crippen LogP contribution in [0.25, 0.3) is 0 Å². The van der Waals surface area contributed by atoms with Crippen LogP contribution in [0.1, 0.15) is 25.8 Å². The van der Waals surface area contributed by atoms with Crippen LogP contribution < -0.4 is 0 Å². The van der Waals surface area contributed by atoms with Crippen LogP contribution in [0.2, 0.25) is 0 Å². The van der Waals surface area contributed by atoms with Crippen molar-refractivity contribution < 1.29 is 5.11 Å². The van der Waals surface area contributed by atoms with Gasteiger partial charge in [0.15, 0.2) is 0 Å². The first kappa shape index (κ1) is 13.7. The molecule has 2 rings (SSSR count). The second-order valence-electron chi connectivity index (χ2n) is 5.86. The highest BCUT2D eigenvalue weighted by Gasteiger charge is 2.38. The summed E-state index contributed by atoms with van der Waals surface area (Å²) in [4.78, 5) is 0. The van der Waals surface area contributed by atoms with Crippen molar-refractivity contribution in [1.29, 1.82) is 0 Å². The predicted molar refractivity (Wildman–Crippen MR) is 83.5 cm³/mol. The molecule has 0 spiro atoms. The van der Waals surface area contributed by atoms with Gasteiger partial charge in [0.1, 0.15) is 0 Å². The maximum Gasteiger partial charge on any atom is 0.0783 e. The van der Waals surface area contributed by atoms with Crippen molar-refractivity contribution in [2.45, 2.75) is 32.3 Å². The third kappa shape index (κ3) is 3.86. The molecule has 1 aromatic carbocycles. The first-order valence-corrected chi connectivity index (χ1v) is 8.17. The first-order valence-electron chi connectivity index (χ1n) is 5.93. The van der Waals surface area contributed by atoms with E-state index in [-0.39, 0.29) is 5.41 Å². The average molecular weight is 362 g/mol. The summed E-state index contributed by atoms with van der Waals surface area (Å²) >= 11 is 4.19. The average Bonchev–Trinajstić information content (AvgIpc) is 2.19. The fourth-order valence-corrected chi connectivity index (χ4v) is 4.31. The van der Waals surface area contributed by atoms with Gasteiger partial charge in [0.2, 0.25) is 0 Å². The summed E-state index contributed by atoms with van der Waals surface area (Å²) in [6, 6.07) is 8.48. The van der Waals surface area contributed by atoms with E-state index in [0.717, 1.165) is 24.3 Å². The minimum Gasteiger partial charge on any atom is -0.389 e. The van der Waals surface area contributed by atoms with Crippen molar-refractivity contribution in [3.63, 3.8) is 0 Å². The number of halogens is 1. The molecular formula is C14H19IOS. The highest BCUT2D eigenvalue weighted by Crippen LogP contribution is 2.40. The fraction of sp³-hybridized carbons (Fsp3) is 0.571. The zero-order chi connectivity index (χ0) is 12.5. The molecule has 94 valence electrons. The molecule has 1 saturated heterocycles. The van der Waals surface area contributed by atoms with E-state index in [9.17, 15) is 5.11 Å². The van der Waals surface area contributed by atoms with Gasteiger partial charge in [-0.1, -0.05) is 26.0 Å². The second-order valence-corrected chi connectivity index (χ2v) is 8.09. The number of hydrogen-bond donors (Lipinski definition) is 1. The van der Waals surface area contributed by atoms with Gasteiger partial charge in [0.25, 0.3) is 0 Å². The molecule has 1 atom stereocenters. The number of hydrogen-bond acceptors (Lipinski definition) is 2. The van der Waals surface area contributed by atoms with Gasteiger partial charge in [-0.05, 0) is 57.9 Å². The molecule has 0 amide bonds. The predicted octanol–water partition coefficient (Wildman–Crippen LogP) is 3.73. The van der Waals surface area contributed by atoms with Crippen molar-refractivity contribution in [3.05, 3.63) is 33.4 Å². The lowest BCUT2D eigenvalue weighted by Crippen LogP contribution is -2.44. The molecule has 0 aromatic heterocycles. The van der Waals surface area contributed by atoms with E-state index in [2.05, 4.69) is 60.7 Å². The Kier molecular flexibility index (Phi) is 4.10. The molecule has 0 aliphatic carbocycles. The first-order chi connectivity index (χ1) is 7.89. The van der Waals surface area contributed by atoms with E-state index >= 15 is 0 Å². The Hall–Kier alpha value is 0.260. The van der Waals surface area contributed by atoms with Crippen molar-refractivity contribution in [2.24, 2.45) is 5.41 Å². The van der Waals surface area contributed by atoms with Gasteiger partial charge in [-0.25, -0.2) is 0 Å². The molecule has 17 heavy (non-hydrogen) atoms. The van der Waals surface area contributed by atoms with Crippen LogP contribution in [0.15, 0.2) is 24.3 Å². The minimum absolute atomic E-state index is 0.251. The third-order valence-electron chi connectivity index (χ3n) is 3.12. The fourth-order valence-electron chi connectivity index (χ4n) is 2.61. The Balaban J connectivity index is 2.09. The van der Waals surface area contributed by atoms with Crippen LogP contribution in [0, 0.1) is 8.99 Å². The van der Waals surface area contributed by atoms with Crippen LogP contribution in [0.4, 0.5) is 0 Å². The molecule has 1 heterocycles. The molecule has 0 radical (unpaired) electrons. The number of rotatable bonds is 2. The van der Waals surface area contributed by atoms with Gasteiger partial charge in [-0.3, -0.25) is 0 Å². The molecule has 1 aliphatic heterocycles. The van der Waals surface area contributed by atoms with Gasteiger partial charge in [0, 0.05) is 15.7 Å². The molecule has 1 aliphatic rings. The van der Waals surface area contributed by atoms with E-state index < -0.39 is 5.60 Å². The standard InChI is InChI=1S/C14H19IOS/c1-13(2)8-14(16,10-17-9-13)7-11-3-5-12(15)6-4-11/h3-6,16H,7-10H2,1-2H3. The lowest BCUT2D eigenvalue weighted by atomic mass is 9.79. The van der Waals surface area contributed by atoms with Crippen molar-refractivity contribution in [1.82, 2.24) is 0 Å². The van der Waals surface area contributed by atoms with E-state index in [1.807, 2.05) is 11.8 Å². The van der Waals surface area contributed by atoms with Crippen molar-refractivity contribution in [2.75, 3.05) is 11.5 Å². The number of aliphatic hydroxyl groups is 1. The normalized spacial score (nSPS) is 28.0. The second kappa shape index (κ2) is 5.10. The van der Waals surface area contributed by atoms with Crippen LogP contribution in [0.5, 0.6) is 0 Å². The van der Waals surface area contributed by atoms with E-state index in [0.29, 0.717) is 0 Å². The molecular weight excluding hydrogens is 343 g/mol. The van der Waals surface area contributed by atoms with E-state index in [1.165, 1.54) is 9.13 Å². The van der Waals surface area contributed by atoms with Crippen LogP contribution >= 0.6 is 34.4 Å². The van der Waals surface area contributed by atoms with Gasteiger partial charge in [-0.15, -0.1) is 0 Å². The van der Waals surface area contributed by atoms with Crippen LogP contribution in [0.3, 0.4) is 0 Å². The smallest absolute Gasteiger partial charge is 0.0783 e. The zero-order valence-corrected chi connectivity index (χ0v) is 13.3. The third-order valence-corrected chi connectivity index (χ3v) is 5.56. The molecule has 1 N–H and O–H groups in total. The number of benzene rings is 1. The monoisotopic (exact) mass is 362 g/mol. The number of thioether (sulfide) groups is 1. The molecule has 3 heteroatoms. The molecule has 0 saturated carbocycles. The van der Waals surface area contributed by atoms with E-state index in [4.69, 9.17) is 0 Å². The molecule has 1 unspecified atom stereocenters. The van der Waals surface area contributed by atoms with Crippen LogP contribution in [-0.4, -0.2) is 22.2 Å². The molecule has 0 bridgehead atoms. The van der Waals surface area contributed by atoms with Gasteiger partial charge in [-0.2, -0.15) is 11.8 Å². The summed E-state index contributed by atoms with van der Waals surface area (Å²) in [5.74, 6) is 2.02.